The van der Waals surface area contributed by atoms with Crippen molar-refractivity contribution in [2.45, 2.75) is 38.6 Å². The molecule has 0 atom stereocenters. The van der Waals surface area contributed by atoms with Crippen molar-refractivity contribution in [1.82, 2.24) is 9.55 Å². The average molecular weight is 441 g/mol. The van der Waals surface area contributed by atoms with Crippen molar-refractivity contribution in [3.63, 3.8) is 0 Å². The number of hydrogen-bond acceptors (Lipinski definition) is 6. The van der Waals surface area contributed by atoms with Crippen molar-refractivity contribution >= 4 is 39.7 Å². The van der Waals surface area contributed by atoms with E-state index in [0.717, 1.165) is 31.4 Å². The molecule has 162 valence electrons. The molecule has 1 fully saturated rings. The molecule has 0 saturated heterocycles. The standard InChI is InChI=1S/C23H25ClN4O3/c1-13(29)16-12-28(15-8-9-15)21-17(22(16)30)19(25)18(24)20(23(21)31-2)27-11-5-7-14-6-3-4-10-26-14/h3-4,6,10,12,15,27H,5,7-9,11,25H2,1-2H3. The van der Waals surface area contributed by atoms with Gasteiger partial charge in [-0.3, -0.25) is 14.6 Å². The van der Waals surface area contributed by atoms with Gasteiger partial charge in [0.05, 0.1) is 34.3 Å². The molecule has 0 bridgehead atoms. The van der Waals surface area contributed by atoms with Crippen LogP contribution in [-0.2, 0) is 6.42 Å². The lowest BCUT2D eigenvalue weighted by atomic mass is 10.0. The molecule has 1 aliphatic carbocycles. The van der Waals surface area contributed by atoms with Crippen molar-refractivity contribution in [3.05, 3.63) is 57.1 Å². The van der Waals surface area contributed by atoms with Crippen LogP contribution in [0.25, 0.3) is 10.9 Å². The fourth-order valence-corrected chi connectivity index (χ4v) is 4.10. The number of aryl methyl sites for hydroxylation is 1. The molecule has 0 spiro atoms. The summed E-state index contributed by atoms with van der Waals surface area (Å²) >= 11 is 6.59. The van der Waals surface area contributed by atoms with Crippen molar-refractivity contribution in [2.24, 2.45) is 0 Å². The predicted molar refractivity (Wildman–Crippen MR) is 124 cm³/mol. The Morgan fingerprint density at radius 2 is 2.16 bits per heavy atom. The van der Waals surface area contributed by atoms with Gasteiger partial charge < -0.3 is 20.4 Å². The van der Waals surface area contributed by atoms with E-state index in [9.17, 15) is 9.59 Å². The highest BCUT2D eigenvalue weighted by molar-refractivity contribution is 6.38. The number of ketones is 1. The first-order chi connectivity index (χ1) is 14.9. The lowest BCUT2D eigenvalue weighted by Crippen LogP contribution is -2.20. The Balaban J connectivity index is 1.77. The van der Waals surface area contributed by atoms with E-state index in [2.05, 4.69) is 10.3 Å². The Bertz CT molecular complexity index is 1200. The maximum atomic E-state index is 13.1. The number of carbonyl (C=O) groups is 1. The third-order valence-corrected chi connectivity index (χ3v) is 5.96. The molecule has 2 aromatic heterocycles. The fourth-order valence-electron chi connectivity index (χ4n) is 3.85. The SMILES string of the molecule is COc1c(NCCCc2ccccn2)c(Cl)c(N)c2c(=O)c(C(C)=O)cn(C3CC3)c12. The largest absolute Gasteiger partial charge is 0.492 e. The number of anilines is 2. The Morgan fingerprint density at radius 1 is 1.39 bits per heavy atom. The summed E-state index contributed by atoms with van der Waals surface area (Å²) < 4.78 is 7.67. The number of rotatable bonds is 8. The maximum Gasteiger partial charge on any atom is 0.202 e. The van der Waals surface area contributed by atoms with E-state index in [1.54, 1.807) is 19.5 Å². The molecule has 0 amide bonds. The summed E-state index contributed by atoms with van der Waals surface area (Å²) in [5.74, 6) is 0.165. The Hall–Kier alpha value is -3.06. The number of nitrogens with zero attached hydrogens (tertiary/aromatic N) is 2. The van der Waals surface area contributed by atoms with Gasteiger partial charge in [0, 0.05) is 30.7 Å². The molecule has 4 rings (SSSR count). The van der Waals surface area contributed by atoms with Crippen LogP contribution in [0.4, 0.5) is 11.4 Å². The number of nitrogens with one attached hydrogen (secondary N) is 1. The zero-order valence-corrected chi connectivity index (χ0v) is 18.3. The van der Waals surface area contributed by atoms with Gasteiger partial charge in [-0.2, -0.15) is 0 Å². The third-order valence-electron chi connectivity index (χ3n) is 5.56. The molecule has 31 heavy (non-hydrogen) atoms. The van der Waals surface area contributed by atoms with Crippen molar-refractivity contribution in [2.75, 3.05) is 24.7 Å². The molecule has 3 aromatic rings. The molecule has 3 N–H and O–H groups in total. The number of fused-ring (bicyclic) bond motifs is 1. The topological polar surface area (TPSA) is 99.2 Å². The van der Waals surface area contributed by atoms with Gasteiger partial charge in [-0.05, 0) is 44.7 Å². The summed E-state index contributed by atoms with van der Waals surface area (Å²) in [6.07, 6.45) is 6.98. The number of nitrogen functional groups attached to an aromatic ring is 1. The van der Waals surface area contributed by atoms with Gasteiger partial charge in [0.1, 0.15) is 5.69 Å². The predicted octanol–water partition coefficient (Wildman–Crippen LogP) is 4.22. The quantitative estimate of drug-likeness (QED) is 0.309. The number of halogens is 1. The molecule has 0 unspecified atom stereocenters. The summed E-state index contributed by atoms with van der Waals surface area (Å²) in [6, 6.07) is 6.04. The van der Waals surface area contributed by atoms with Gasteiger partial charge >= 0.3 is 0 Å². The minimum Gasteiger partial charge on any atom is -0.492 e. The van der Waals surface area contributed by atoms with Crippen LogP contribution in [0.1, 0.15) is 48.3 Å². The average Bonchev–Trinajstić information content (AvgIpc) is 3.60. The highest BCUT2D eigenvalue weighted by Crippen LogP contribution is 2.47. The number of aromatic nitrogens is 2. The van der Waals surface area contributed by atoms with Crippen LogP contribution < -0.4 is 21.2 Å². The van der Waals surface area contributed by atoms with E-state index in [1.807, 2.05) is 22.8 Å². The van der Waals surface area contributed by atoms with Crippen molar-refractivity contribution in [1.29, 1.82) is 0 Å². The Morgan fingerprint density at radius 3 is 2.77 bits per heavy atom. The number of hydrogen-bond donors (Lipinski definition) is 2. The summed E-state index contributed by atoms with van der Waals surface area (Å²) in [5.41, 5.74) is 8.33. The van der Waals surface area contributed by atoms with E-state index >= 15 is 0 Å². The molecular formula is C23H25ClN4O3. The number of benzene rings is 1. The van der Waals surface area contributed by atoms with E-state index in [4.69, 9.17) is 22.1 Å². The summed E-state index contributed by atoms with van der Waals surface area (Å²) in [4.78, 5) is 29.5. The highest BCUT2D eigenvalue weighted by atomic mass is 35.5. The second-order valence-corrected chi connectivity index (χ2v) is 8.16. The number of ether oxygens (including phenoxy) is 1. The zero-order valence-electron chi connectivity index (χ0n) is 17.6. The summed E-state index contributed by atoms with van der Waals surface area (Å²) in [5, 5.41) is 3.79. The number of Topliss-reactive ketones (excluding diaryl/α,β-unsaturated/α-hetero) is 1. The van der Waals surface area contributed by atoms with Crippen LogP contribution >= 0.6 is 11.6 Å². The first-order valence-electron chi connectivity index (χ1n) is 10.3. The van der Waals surface area contributed by atoms with Crippen molar-refractivity contribution in [3.8, 4) is 5.75 Å². The number of methoxy groups -OCH3 is 1. The highest BCUT2D eigenvalue weighted by Gasteiger charge is 2.30. The van der Waals surface area contributed by atoms with E-state index < -0.39 is 5.43 Å². The van der Waals surface area contributed by atoms with Gasteiger partial charge in [0.15, 0.2) is 11.5 Å². The Labute approximate surface area is 185 Å². The number of nitrogens with two attached hydrogens (primary N) is 1. The van der Waals surface area contributed by atoms with Gasteiger partial charge in [0.25, 0.3) is 0 Å². The molecule has 2 heterocycles. The molecule has 7 nitrogen and oxygen atoms in total. The van der Waals surface area contributed by atoms with E-state index in [0.29, 0.717) is 23.5 Å². The number of carbonyl (C=O) groups excluding carboxylic acids is 1. The van der Waals surface area contributed by atoms with Crippen LogP contribution in [0.2, 0.25) is 5.02 Å². The molecule has 1 saturated carbocycles. The normalized spacial score (nSPS) is 13.4. The van der Waals surface area contributed by atoms with Crippen LogP contribution in [0, 0.1) is 0 Å². The first-order valence-corrected chi connectivity index (χ1v) is 10.7. The van der Waals surface area contributed by atoms with Crippen molar-refractivity contribution < 1.29 is 9.53 Å². The van der Waals surface area contributed by atoms with Gasteiger partial charge in [0.2, 0.25) is 5.43 Å². The van der Waals surface area contributed by atoms with Crippen LogP contribution in [0.3, 0.4) is 0 Å². The maximum absolute atomic E-state index is 13.1. The van der Waals surface area contributed by atoms with Crippen LogP contribution in [0.5, 0.6) is 5.75 Å². The van der Waals surface area contributed by atoms with E-state index in [1.165, 1.54) is 6.92 Å². The van der Waals surface area contributed by atoms with Gasteiger partial charge in [-0.1, -0.05) is 17.7 Å². The van der Waals surface area contributed by atoms with Gasteiger partial charge in [-0.25, -0.2) is 0 Å². The summed E-state index contributed by atoms with van der Waals surface area (Å²) in [6.45, 7) is 2.00. The second-order valence-electron chi connectivity index (χ2n) is 7.78. The molecular weight excluding hydrogens is 416 g/mol. The first kappa shape index (κ1) is 21.2. The smallest absolute Gasteiger partial charge is 0.202 e. The number of pyridine rings is 2. The van der Waals surface area contributed by atoms with Crippen LogP contribution in [0.15, 0.2) is 35.4 Å². The van der Waals surface area contributed by atoms with E-state index in [-0.39, 0.29) is 33.5 Å². The zero-order chi connectivity index (χ0) is 22.1. The van der Waals surface area contributed by atoms with Gasteiger partial charge in [-0.15, -0.1) is 0 Å². The molecule has 1 aliphatic rings. The molecule has 1 aromatic carbocycles. The monoisotopic (exact) mass is 440 g/mol. The molecule has 8 heteroatoms. The lowest BCUT2D eigenvalue weighted by Gasteiger charge is -2.21. The minimum atomic E-state index is -0.418. The third kappa shape index (κ3) is 3.97. The Kier molecular flexibility index (Phi) is 5.87. The van der Waals surface area contributed by atoms with Crippen LogP contribution in [-0.4, -0.2) is 29.0 Å². The fraction of sp³-hybridized carbons (Fsp3) is 0.348. The molecule has 0 radical (unpaired) electrons. The minimum absolute atomic E-state index is 0.111. The molecule has 0 aliphatic heterocycles. The lowest BCUT2D eigenvalue weighted by molar-refractivity contribution is 0.101. The second kappa shape index (κ2) is 8.59. The summed E-state index contributed by atoms with van der Waals surface area (Å²) in [7, 11) is 1.54.